The molecule has 0 bridgehead atoms. The summed E-state index contributed by atoms with van der Waals surface area (Å²) >= 11 is 0. The smallest absolute Gasteiger partial charge is 0.271 e. The Balaban J connectivity index is 1.20. The molecule has 0 aliphatic rings. The molecule has 0 radical (unpaired) electrons. The monoisotopic (exact) mass is 553 g/mol. The first-order valence-electron chi connectivity index (χ1n) is 13.6. The molecule has 6 aromatic rings. The van der Waals surface area contributed by atoms with Crippen LogP contribution in [0.3, 0.4) is 0 Å². The molecule has 1 N–H and O–H groups in total. The van der Waals surface area contributed by atoms with Gasteiger partial charge in [0.25, 0.3) is 5.91 Å². The standard InChI is InChI=1S/C36H28FN3O2/c1-25-11-21-34(28-8-3-2-4-9-28)40(25)31-19-14-29(15-20-31)36(41)39-38-23-33-32-10-6-5-7-27(32)16-22-35(33)42-24-26-12-17-30(37)18-13-26/h2-23H,24H2,1H3,(H,39,41)/b38-23+. The molecule has 42 heavy (non-hydrogen) atoms. The van der Waals surface area contributed by atoms with E-state index in [1.165, 1.54) is 12.1 Å². The molecule has 0 aliphatic carbocycles. The van der Waals surface area contributed by atoms with Crippen molar-refractivity contribution < 1.29 is 13.9 Å². The molecule has 0 spiro atoms. The molecule has 6 heteroatoms. The van der Waals surface area contributed by atoms with Crippen molar-refractivity contribution in [2.24, 2.45) is 5.10 Å². The van der Waals surface area contributed by atoms with Crippen molar-refractivity contribution in [1.82, 2.24) is 9.99 Å². The Morgan fingerprint density at radius 2 is 1.57 bits per heavy atom. The minimum absolute atomic E-state index is 0.269. The first-order valence-corrected chi connectivity index (χ1v) is 13.6. The van der Waals surface area contributed by atoms with Crippen LogP contribution in [0.25, 0.3) is 27.7 Å². The van der Waals surface area contributed by atoms with Gasteiger partial charge < -0.3 is 9.30 Å². The molecule has 0 aliphatic heterocycles. The maximum absolute atomic E-state index is 13.3. The Labute approximate surface area is 243 Å². The fourth-order valence-corrected chi connectivity index (χ4v) is 4.97. The molecular formula is C36H28FN3O2. The van der Waals surface area contributed by atoms with Gasteiger partial charge in [0.15, 0.2) is 0 Å². The number of amides is 1. The van der Waals surface area contributed by atoms with E-state index >= 15 is 0 Å². The van der Waals surface area contributed by atoms with Gasteiger partial charge in [0, 0.05) is 22.5 Å². The number of nitrogens with zero attached hydrogens (tertiary/aromatic N) is 2. The van der Waals surface area contributed by atoms with Crippen molar-refractivity contribution in [1.29, 1.82) is 0 Å². The Bertz CT molecular complexity index is 1880. The van der Waals surface area contributed by atoms with Crippen LogP contribution in [0, 0.1) is 12.7 Å². The third-order valence-corrected chi connectivity index (χ3v) is 7.13. The highest BCUT2D eigenvalue weighted by molar-refractivity contribution is 6.03. The molecule has 5 aromatic carbocycles. The largest absolute Gasteiger partial charge is 0.488 e. The van der Waals surface area contributed by atoms with Crippen molar-refractivity contribution in [2.75, 3.05) is 0 Å². The molecule has 1 amide bonds. The predicted octanol–water partition coefficient (Wildman–Crippen LogP) is 8.09. The highest BCUT2D eigenvalue weighted by atomic mass is 19.1. The summed E-state index contributed by atoms with van der Waals surface area (Å²) in [6, 6.07) is 39.8. The van der Waals surface area contributed by atoms with Crippen LogP contribution in [-0.2, 0) is 6.61 Å². The maximum atomic E-state index is 13.3. The fourth-order valence-electron chi connectivity index (χ4n) is 4.97. The first-order chi connectivity index (χ1) is 20.6. The number of hydrazone groups is 1. The van der Waals surface area contributed by atoms with Crippen LogP contribution in [0.15, 0.2) is 132 Å². The molecule has 0 fully saturated rings. The number of benzene rings is 5. The van der Waals surface area contributed by atoms with Gasteiger partial charge in [0.1, 0.15) is 18.2 Å². The minimum Gasteiger partial charge on any atom is -0.488 e. The van der Waals surface area contributed by atoms with E-state index in [0.717, 1.165) is 44.5 Å². The Hall–Kier alpha value is -5.49. The SMILES string of the molecule is Cc1ccc(-c2ccccc2)n1-c1ccc(C(=O)N/N=C/c2c(OCc3ccc(F)cc3)ccc3ccccc23)cc1. The van der Waals surface area contributed by atoms with Gasteiger partial charge in [0.2, 0.25) is 0 Å². The molecule has 1 heterocycles. The molecule has 6 rings (SSSR count). The van der Waals surface area contributed by atoms with Gasteiger partial charge in [-0.05, 0) is 83.4 Å². The number of hydrogen-bond donors (Lipinski definition) is 1. The Morgan fingerprint density at radius 1 is 0.833 bits per heavy atom. The lowest BCUT2D eigenvalue weighted by Crippen LogP contribution is -2.17. The summed E-state index contributed by atoms with van der Waals surface area (Å²) in [5.74, 6) is -0.00422. The van der Waals surface area contributed by atoms with Crippen molar-refractivity contribution in [3.63, 3.8) is 0 Å². The van der Waals surface area contributed by atoms with E-state index in [9.17, 15) is 9.18 Å². The second-order valence-corrected chi connectivity index (χ2v) is 9.92. The van der Waals surface area contributed by atoms with Gasteiger partial charge in [-0.1, -0.05) is 72.8 Å². The summed E-state index contributed by atoms with van der Waals surface area (Å²) in [5.41, 5.74) is 9.00. The summed E-state index contributed by atoms with van der Waals surface area (Å²) in [4.78, 5) is 13.0. The van der Waals surface area contributed by atoms with Crippen molar-refractivity contribution in [3.05, 3.63) is 156 Å². The van der Waals surface area contributed by atoms with E-state index in [4.69, 9.17) is 4.74 Å². The second-order valence-electron chi connectivity index (χ2n) is 9.92. The number of aryl methyl sites for hydroxylation is 1. The van der Waals surface area contributed by atoms with Crippen LogP contribution in [0.4, 0.5) is 4.39 Å². The number of ether oxygens (including phenoxy) is 1. The number of hydrogen-bond acceptors (Lipinski definition) is 3. The van der Waals surface area contributed by atoms with E-state index in [1.54, 1.807) is 30.5 Å². The van der Waals surface area contributed by atoms with Crippen LogP contribution in [0.5, 0.6) is 5.75 Å². The van der Waals surface area contributed by atoms with Gasteiger partial charge in [-0.25, -0.2) is 9.82 Å². The quantitative estimate of drug-likeness (QED) is 0.153. The average Bonchev–Trinajstić information content (AvgIpc) is 3.42. The van der Waals surface area contributed by atoms with Crippen molar-refractivity contribution in [3.8, 4) is 22.7 Å². The van der Waals surface area contributed by atoms with Crippen LogP contribution >= 0.6 is 0 Å². The van der Waals surface area contributed by atoms with Crippen molar-refractivity contribution in [2.45, 2.75) is 13.5 Å². The van der Waals surface area contributed by atoms with Crippen molar-refractivity contribution >= 4 is 22.9 Å². The molecule has 0 atom stereocenters. The highest BCUT2D eigenvalue weighted by Crippen LogP contribution is 2.28. The second kappa shape index (κ2) is 11.9. The fraction of sp³-hybridized carbons (Fsp3) is 0.0556. The van der Waals surface area contributed by atoms with E-state index < -0.39 is 0 Å². The molecule has 0 unspecified atom stereocenters. The zero-order chi connectivity index (χ0) is 28.9. The number of rotatable bonds is 8. The van der Waals surface area contributed by atoms with E-state index in [1.807, 2.05) is 66.7 Å². The molecule has 206 valence electrons. The summed E-state index contributed by atoms with van der Waals surface area (Å²) in [6.07, 6.45) is 1.60. The Morgan fingerprint density at radius 3 is 2.36 bits per heavy atom. The predicted molar refractivity (Wildman–Crippen MR) is 166 cm³/mol. The van der Waals surface area contributed by atoms with Gasteiger partial charge >= 0.3 is 0 Å². The summed E-state index contributed by atoms with van der Waals surface area (Å²) in [7, 11) is 0. The zero-order valence-electron chi connectivity index (χ0n) is 23.0. The third kappa shape index (κ3) is 5.69. The minimum atomic E-state index is -0.320. The van der Waals surface area contributed by atoms with Gasteiger partial charge in [-0.15, -0.1) is 0 Å². The van der Waals surface area contributed by atoms with Crippen LogP contribution in [0.1, 0.15) is 27.2 Å². The van der Waals surface area contributed by atoms with E-state index in [2.05, 4.69) is 46.3 Å². The van der Waals surface area contributed by atoms with Gasteiger partial charge in [-0.2, -0.15) is 5.10 Å². The number of carbonyl (C=O) groups is 1. The number of nitrogens with one attached hydrogen (secondary N) is 1. The molecule has 5 nitrogen and oxygen atoms in total. The average molecular weight is 554 g/mol. The lowest BCUT2D eigenvalue weighted by Gasteiger charge is -2.13. The number of carbonyl (C=O) groups excluding carboxylic acids is 1. The molecular weight excluding hydrogens is 525 g/mol. The Kier molecular flexibility index (Phi) is 7.60. The summed E-state index contributed by atoms with van der Waals surface area (Å²) < 4.78 is 21.6. The molecule has 1 aromatic heterocycles. The lowest BCUT2D eigenvalue weighted by atomic mass is 10.0. The molecule has 0 saturated carbocycles. The van der Waals surface area contributed by atoms with E-state index in [0.29, 0.717) is 11.3 Å². The van der Waals surface area contributed by atoms with E-state index in [-0.39, 0.29) is 18.3 Å². The number of aromatic nitrogens is 1. The summed E-state index contributed by atoms with van der Waals surface area (Å²) in [6.45, 7) is 2.33. The number of fused-ring (bicyclic) bond motifs is 1. The van der Waals surface area contributed by atoms with Crippen LogP contribution < -0.4 is 10.2 Å². The van der Waals surface area contributed by atoms with Crippen LogP contribution in [0.2, 0.25) is 0 Å². The third-order valence-electron chi connectivity index (χ3n) is 7.13. The normalized spacial score (nSPS) is 11.2. The number of halogens is 1. The van der Waals surface area contributed by atoms with Gasteiger partial charge in [0.05, 0.1) is 11.9 Å². The topological polar surface area (TPSA) is 55.6 Å². The lowest BCUT2D eigenvalue weighted by molar-refractivity contribution is 0.0955. The van der Waals surface area contributed by atoms with Crippen LogP contribution in [-0.4, -0.2) is 16.7 Å². The summed E-state index contributed by atoms with van der Waals surface area (Å²) in [5, 5.41) is 6.23. The maximum Gasteiger partial charge on any atom is 0.271 e. The van der Waals surface area contributed by atoms with Gasteiger partial charge in [-0.3, -0.25) is 4.79 Å². The molecule has 0 saturated heterocycles. The first kappa shape index (κ1) is 26.7. The zero-order valence-corrected chi connectivity index (χ0v) is 23.0. The highest BCUT2D eigenvalue weighted by Gasteiger charge is 2.12.